The zero-order valence-electron chi connectivity index (χ0n) is 35.0. The van der Waals surface area contributed by atoms with Crippen molar-refractivity contribution in [3.8, 4) is 0 Å². The zero-order valence-corrected chi connectivity index (χ0v) is 35.0. The number of amides is 7. The van der Waals surface area contributed by atoms with Crippen LogP contribution in [-0.2, 0) is 46.4 Å². The molecule has 3 aliphatic rings. The predicted molar refractivity (Wildman–Crippen MR) is 226 cm³/mol. The normalized spacial score (nSPS) is 24.1. The first-order chi connectivity index (χ1) is 29.4. The van der Waals surface area contributed by atoms with Crippen LogP contribution in [-0.4, -0.2) is 118 Å². The molecule has 0 radical (unpaired) electrons. The van der Waals surface area contributed by atoms with Gasteiger partial charge in [-0.2, -0.15) is 0 Å². The number of nitrogens with zero attached hydrogens (tertiary/aromatic N) is 3. The van der Waals surface area contributed by atoms with Crippen LogP contribution in [0, 0.1) is 5.92 Å². The SMILES string of the molecule is CC(=O)N[C@@H](Cc1ccccc1)C(=O)N[C@H]1CCCNC(=O)C(CCCN=C(N)N)NC(=O)C(Cc2cnc[nH]2)NC(=O)[C@@H](CC2CCCCC2)NC(=O)C2CCCN2C1=O. The molecule has 0 bridgehead atoms. The van der Waals surface area contributed by atoms with Crippen LogP contribution in [0.4, 0.5) is 0 Å². The Morgan fingerprint density at radius 2 is 1.59 bits per heavy atom. The molecule has 3 fully saturated rings. The topological polar surface area (TPSA) is 288 Å². The van der Waals surface area contributed by atoms with E-state index in [2.05, 4.69) is 46.9 Å². The average Bonchev–Trinajstić information content (AvgIpc) is 3.95. The minimum atomic E-state index is -1.15. The molecule has 19 nitrogen and oxygen atoms in total. The van der Waals surface area contributed by atoms with E-state index >= 15 is 0 Å². The molecule has 11 N–H and O–H groups in total. The molecule has 3 heterocycles. The third-order valence-electron chi connectivity index (χ3n) is 11.5. The average molecular weight is 847 g/mol. The molecule has 5 rings (SSSR count). The Kier molecular flexibility index (Phi) is 17.5. The summed E-state index contributed by atoms with van der Waals surface area (Å²) in [6.45, 7) is 1.82. The van der Waals surface area contributed by atoms with E-state index < -0.39 is 77.6 Å². The lowest BCUT2D eigenvalue weighted by atomic mass is 9.84. The Labute approximate surface area is 356 Å². The van der Waals surface area contributed by atoms with Crippen molar-refractivity contribution in [2.24, 2.45) is 22.4 Å². The smallest absolute Gasteiger partial charge is 0.245 e. The van der Waals surface area contributed by atoms with Crippen molar-refractivity contribution in [2.75, 3.05) is 19.6 Å². The van der Waals surface area contributed by atoms with Gasteiger partial charge in [0.1, 0.15) is 36.3 Å². The molecule has 2 saturated heterocycles. The third kappa shape index (κ3) is 14.3. The van der Waals surface area contributed by atoms with Crippen LogP contribution < -0.4 is 43.4 Å². The van der Waals surface area contributed by atoms with Gasteiger partial charge in [-0.05, 0) is 56.4 Å². The first-order valence-corrected chi connectivity index (χ1v) is 21.5. The fraction of sp³-hybridized carbons (Fsp3) is 0.595. The lowest BCUT2D eigenvalue weighted by molar-refractivity contribution is -0.142. The van der Waals surface area contributed by atoms with Crippen molar-refractivity contribution in [1.29, 1.82) is 0 Å². The number of aliphatic imine (C=N–C) groups is 1. The Hall–Kier alpha value is -6.01. The number of guanidine groups is 1. The fourth-order valence-corrected chi connectivity index (χ4v) is 8.38. The van der Waals surface area contributed by atoms with E-state index in [-0.39, 0.29) is 63.6 Å². The quantitative estimate of drug-likeness (QED) is 0.0712. The van der Waals surface area contributed by atoms with Crippen LogP contribution in [0.1, 0.15) is 95.2 Å². The minimum absolute atomic E-state index is 0.0240. The number of nitrogens with two attached hydrogens (primary N) is 2. The number of aromatic nitrogens is 2. The van der Waals surface area contributed by atoms with E-state index in [1.165, 1.54) is 24.3 Å². The highest BCUT2D eigenvalue weighted by molar-refractivity contribution is 5.97. The summed E-state index contributed by atoms with van der Waals surface area (Å²) in [5.74, 6) is -3.66. The molecule has 1 aromatic carbocycles. The standard InChI is InChI=1S/C42H62N12O7/c1-26(55)49-32(21-27-11-4-2-5-12-27)37(57)51-31-16-9-18-46-36(56)30(15-8-19-47-42(43)44)50-39(59)34(23-29-24-45-25-48-29)52-38(58)33(22-28-13-6-3-7-14-28)53-40(60)35-17-10-20-54(35)41(31)61/h2,4-5,11-12,24-25,28,30-35H,3,6-10,13-23H2,1H3,(H,45,48)(H,46,56)(H,49,55)(H,50,59)(H,51,57)(H,52,58)(H,53,60)(H4,43,44,47)/t30?,31-,32-,33+,34?,35?/m0/s1. The summed E-state index contributed by atoms with van der Waals surface area (Å²) >= 11 is 0. The maximum Gasteiger partial charge on any atom is 0.245 e. The molecular weight excluding hydrogens is 785 g/mol. The van der Waals surface area contributed by atoms with Crippen LogP contribution >= 0.6 is 0 Å². The number of H-pyrrole nitrogens is 1. The highest BCUT2D eigenvalue weighted by Crippen LogP contribution is 2.28. The first kappa shape index (κ1) is 46.1. The Morgan fingerprint density at radius 1 is 0.869 bits per heavy atom. The van der Waals surface area contributed by atoms with Crippen molar-refractivity contribution in [1.82, 2.24) is 46.8 Å². The molecule has 2 aliphatic heterocycles. The number of aromatic amines is 1. The lowest BCUT2D eigenvalue weighted by Crippen LogP contribution is -2.60. The Balaban J connectivity index is 1.45. The zero-order chi connectivity index (χ0) is 43.7. The summed E-state index contributed by atoms with van der Waals surface area (Å²) < 4.78 is 0. The number of nitrogens with one attached hydrogen (secondary N) is 7. The molecule has 0 spiro atoms. The number of benzene rings is 1. The van der Waals surface area contributed by atoms with Gasteiger partial charge < -0.3 is 53.3 Å². The van der Waals surface area contributed by atoms with Gasteiger partial charge in [-0.1, -0.05) is 62.4 Å². The summed E-state index contributed by atoms with van der Waals surface area (Å²) in [4.78, 5) is 110. The summed E-state index contributed by atoms with van der Waals surface area (Å²) in [6, 6.07) is 2.86. The highest BCUT2D eigenvalue weighted by Gasteiger charge is 2.40. The predicted octanol–water partition coefficient (Wildman–Crippen LogP) is -0.436. The second-order valence-corrected chi connectivity index (χ2v) is 16.3. The van der Waals surface area contributed by atoms with Crippen LogP contribution in [0.25, 0.3) is 0 Å². The maximum absolute atomic E-state index is 14.5. The second kappa shape index (κ2) is 23.1. The highest BCUT2D eigenvalue weighted by atomic mass is 16.2. The van der Waals surface area contributed by atoms with Crippen LogP contribution in [0.5, 0.6) is 0 Å². The third-order valence-corrected chi connectivity index (χ3v) is 11.5. The van der Waals surface area contributed by atoms with Gasteiger partial charge in [0.2, 0.25) is 41.4 Å². The Bertz CT molecular complexity index is 1830. The molecule has 1 saturated carbocycles. The second-order valence-electron chi connectivity index (χ2n) is 16.3. The van der Waals surface area contributed by atoms with Gasteiger partial charge in [-0.15, -0.1) is 0 Å². The Morgan fingerprint density at radius 3 is 2.30 bits per heavy atom. The monoisotopic (exact) mass is 846 g/mol. The van der Waals surface area contributed by atoms with Crippen molar-refractivity contribution < 1.29 is 33.6 Å². The van der Waals surface area contributed by atoms with E-state index in [4.69, 9.17) is 11.5 Å². The molecule has 1 aromatic heterocycles. The number of carbonyl (C=O) groups excluding carboxylic acids is 7. The lowest BCUT2D eigenvalue weighted by Gasteiger charge is -2.32. The molecule has 61 heavy (non-hydrogen) atoms. The molecule has 7 amide bonds. The van der Waals surface area contributed by atoms with Gasteiger partial charge in [-0.3, -0.25) is 38.6 Å². The molecule has 6 atom stereocenters. The maximum atomic E-state index is 14.5. The van der Waals surface area contributed by atoms with E-state index in [0.717, 1.165) is 37.7 Å². The number of hydrogen-bond donors (Lipinski definition) is 9. The van der Waals surface area contributed by atoms with Crippen LogP contribution in [0.15, 0.2) is 47.8 Å². The van der Waals surface area contributed by atoms with Crippen LogP contribution in [0.3, 0.4) is 0 Å². The number of imidazole rings is 1. The van der Waals surface area contributed by atoms with Crippen molar-refractivity contribution in [3.05, 3.63) is 54.1 Å². The van der Waals surface area contributed by atoms with Gasteiger partial charge in [0, 0.05) is 51.3 Å². The molecule has 3 unspecified atom stereocenters. The fourth-order valence-electron chi connectivity index (χ4n) is 8.38. The van der Waals surface area contributed by atoms with Gasteiger partial charge in [0.05, 0.1) is 6.33 Å². The minimum Gasteiger partial charge on any atom is -0.370 e. The van der Waals surface area contributed by atoms with E-state index in [0.29, 0.717) is 31.4 Å². The summed E-state index contributed by atoms with van der Waals surface area (Å²) in [5.41, 5.74) is 12.4. The molecule has 2 aromatic rings. The van der Waals surface area contributed by atoms with Gasteiger partial charge >= 0.3 is 0 Å². The summed E-state index contributed by atoms with van der Waals surface area (Å²) in [6.07, 6.45) is 10.0. The number of hydrogen-bond acceptors (Lipinski definition) is 9. The van der Waals surface area contributed by atoms with Gasteiger partial charge in [0.25, 0.3) is 0 Å². The van der Waals surface area contributed by atoms with Crippen molar-refractivity contribution in [3.63, 3.8) is 0 Å². The number of carbonyl (C=O) groups is 7. The molecule has 332 valence electrons. The largest absolute Gasteiger partial charge is 0.370 e. The van der Waals surface area contributed by atoms with Crippen molar-refractivity contribution >= 4 is 47.3 Å². The number of fused-ring (bicyclic) bond motifs is 1. The van der Waals surface area contributed by atoms with E-state index in [9.17, 15) is 33.6 Å². The molecule has 19 heteroatoms. The molecule has 1 aliphatic carbocycles. The van der Waals surface area contributed by atoms with Gasteiger partial charge in [-0.25, -0.2) is 4.98 Å². The summed E-state index contributed by atoms with van der Waals surface area (Å²) in [7, 11) is 0. The summed E-state index contributed by atoms with van der Waals surface area (Å²) in [5, 5.41) is 17.0. The van der Waals surface area contributed by atoms with E-state index in [1.807, 2.05) is 30.3 Å². The van der Waals surface area contributed by atoms with Crippen LogP contribution in [0.2, 0.25) is 0 Å². The first-order valence-electron chi connectivity index (χ1n) is 21.5. The number of rotatable bonds is 13. The van der Waals surface area contributed by atoms with Crippen molar-refractivity contribution in [2.45, 2.75) is 133 Å². The van der Waals surface area contributed by atoms with E-state index in [1.54, 1.807) is 0 Å². The van der Waals surface area contributed by atoms with Gasteiger partial charge in [0.15, 0.2) is 5.96 Å². The molecular formula is C42H62N12O7.